The molecule has 5 nitrogen and oxygen atoms in total. The van der Waals surface area contributed by atoms with Crippen LogP contribution in [-0.2, 0) is 14.9 Å². The molecule has 3 aromatic rings. The van der Waals surface area contributed by atoms with Crippen LogP contribution in [0, 0.1) is 0 Å². The normalized spacial score (nSPS) is 13.9. The average Bonchev–Trinajstić information content (AvgIpc) is 3.35. The number of carbonyl (C=O) groups excluding carboxylic acids is 1. The van der Waals surface area contributed by atoms with Crippen molar-refractivity contribution in [3.05, 3.63) is 81.5 Å². The van der Waals surface area contributed by atoms with E-state index in [1.165, 1.54) is 23.3 Å². The predicted octanol–water partition coefficient (Wildman–Crippen LogP) is 6.05. The Hall–Kier alpha value is -3.12. The van der Waals surface area contributed by atoms with E-state index >= 15 is 0 Å². The molecule has 0 saturated carbocycles. The van der Waals surface area contributed by atoms with E-state index in [1.807, 2.05) is 30.3 Å². The van der Waals surface area contributed by atoms with Gasteiger partial charge < -0.3 is 9.84 Å². The molecule has 0 saturated heterocycles. The maximum atomic E-state index is 12.9. The lowest BCUT2D eigenvalue weighted by Gasteiger charge is -2.24. The third-order valence-electron chi connectivity index (χ3n) is 5.88. The van der Waals surface area contributed by atoms with Crippen molar-refractivity contribution in [1.82, 2.24) is 4.90 Å². The van der Waals surface area contributed by atoms with Crippen LogP contribution in [0.15, 0.2) is 60.7 Å². The van der Waals surface area contributed by atoms with Gasteiger partial charge in [-0.05, 0) is 39.8 Å². The SMILES string of the molecule is CN(C(=O)OCC1c2ccccc2-c2ccccc21)C(C(=O)O)c1ccc(C(C)(C)C)s1. The van der Waals surface area contributed by atoms with Crippen molar-refractivity contribution in [2.75, 3.05) is 13.7 Å². The molecule has 32 heavy (non-hydrogen) atoms. The van der Waals surface area contributed by atoms with Gasteiger partial charge in [0.25, 0.3) is 0 Å². The molecule has 4 rings (SSSR count). The summed E-state index contributed by atoms with van der Waals surface area (Å²) < 4.78 is 5.66. The molecule has 166 valence electrons. The number of carboxylic acids is 1. The van der Waals surface area contributed by atoms with Crippen molar-refractivity contribution in [2.45, 2.75) is 38.1 Å². The van der Waals surface area contributed by atoms with Crippen LogP contribution in [-0.4, -0.2) is 35.7 Å². The number of carboxylic acid groups (broad SMARTS) is 1. The largest absolute Gasteiger partial charge is 0.479 e. The van der Waals surface area contributed by atoms with E-state index in [0.29, 0.717) is 4.88 Å². The van der Waals surface area contributed by atoms with Gasteiger partial charge in [-0.3, -0.25) is 4.90 Å². The zero-order chi connectivity index (χ0) is 23.0. The van der Waals surface area contributed by atoms with E-state index in [-0.39, 0.29) is 17.9 Å². The minimum absolute atomic E-state index is 0.0720. The number of ether oxygens (including phenoxy) is 1. The third-order valence-corrected chi connectivity index (χ3v) is 7.44. The second kappa shape index (κ2) is 8.43. The molecule has 0 radical (unpaired) electrons. The van der Waals surface area contributed by atoms with Crippen LogP contribution in [0.3, 0.4) is 0 Å². The first-order valence-corrected chi connectivity index (χ1v) is 11.4. The number of hydrogen-bond donors (Lipinski definition) is 1. The lowest BCUT2D eigenvalue weighted by atomic mass is 9.95. The Morgan fingerprint density at radius 3 is 2.06 bits per heavy atom. The Morgan fingerprint density at radius 2 is 1.56 bits per heavy atom. The topological polar surface area (TPSA) is 66.8 Å². The van der Waals surface area contributed by atoms with Crippen molar-refractivity contribution in [1.29, 1.82) is 0 Å². The monoisotopic (exact) mass is 449 g/mol. The Balaban J connectivity index is 1.52. The number of benzene rings is 2. The molecule has 1 aliphatic rings. The summed E-state index contributed by atoms with van der Waals surface area (Å²) in [5.41, 5.74) is 4.44. The second-order valence-corrected chi connectivity index (χ2v) is 10.2. The van der Waals surface area contributed by atoms with Gasteiger partial charge in [-0.25, -0.2) is 9.59 Å². The Kier molecular flexibility index (Phi) is 5.82. The van der Waals surface area contributed by atoms with Crippen molar-refractivity contribution < 1.29 is 19.4 Å². The number of amides is 1. The van der Waals surface area contributed by atoms with E-state index in [1.54, 1.807) is 6.07 Å². The standard InChI is InChI=1S/C26H27NO4S/c1-26(2,3)22-14-13-21(32-22)23(24(28)29)27(4)25(30)31-15-20-18-11-7-5-9-16(18)17-10-6-8-12-19(17)20/h5-14,20,23H,15H2,1-4H3,(H,28,29). The molecule has 2 aromatic carbocycles. The number of carbonyl (C=O) groups is 2. The maximum Gasteiger partial charge on any atom is 0.410 e. The second-order valence-electron chi connectivity index (χ2n) is 9.11. The van der Waals surface area contributed by atoms with Gasteiger partial charge >= 0.3 is 12.1 Å². The average molecular weight is 450 g/mol. The van der Waals surface area contributed by atoms with Gasteiger partial charge in [0.15, 0.2) is 6.04 Å². The fourth-order valence-corrected chi connectivity index (χ4v) is 5.39. The van der Waals surface area contributed by atoms with Gasteiger partial charge in [-0.15, -0.1) is 11.3 Å². The quantitative estimate of drug-likeness (QED) is 0.515. The van der Waals surface area contributed by atoms with Gasteiger partial charge in [0.05, 0.1) is 0 Å². The molecule has 0 fully saturated rings. The summed E-state index contributed by atoms with van der Waals surface area (Å²) in [6.45, 7) is 6.39. The van der Waals surface area contributed by atoms with E-state index < -0.39 is 18.1 Å². The summed E-state index contributed by atoms with van der Waals surface area (Å²) in [5, 5.41) is 9.86. The molecule has 1 aromatic heterocycles. The molecular formula is C26H27NO4S. The zero-order valence-electron chi connectivity index (χ0n) is 18.7. The molecule has 0 aliphatic heterocycles. The van der Waals surface area contributed by atoms with Crippen LogP contribution >= 0.6 is 11.3 Å². The Labute approximate surface area is 192 Å². The number of fused-ring (bicyclic) bond motifs is 3. The van der Waals surface area contributed by atoms with Gasteiger partial charge in [0.1, 0.15) is 6.61 Å². The van der Waals surface area contributed by atoms with Crippen LogP contribution in [0.25, 0.3) is 11.1 Å². The Bertz CT molecular complexity index is 1110. The molecule has 0 bridgehead atoms. The molecule has 6 heteroatoms. The Morgan fingerprint density at radius 1 is 1.00 bits per heavy atom. The van der Waals surface area contributed by atoms with Crippen LogP contribution in [0.4, 0.5) is 4.79 Å². The first kappa shape index (κ1) is 22.1. The van der Waals surface area contributed by atoms with E-state index in [0.717, 1.165) is 27.1 Å². The molecule has 1 N–H and O–H groups in total. The number of likely N-dealkylation sites (N-methyl/N-ethyl adjacent to an activating group) is 1. The van der Waals surface area contributed by atoms with Crippen molar-refractivity contribution >= 4 is 23.4 Å². The van der Waals surface area contributed by atoms with Gasteiger partial charge in [0.2, 0.25) is 0 Å². The summed E-state index contributed by atoms with van der Waals surface area (Å²) >= 11 is 1.42. The maximum absolute atomic E-state index is 12.9. The minimum Gasteiger partial charge on any atom is -0.479 e. The number of thiophene rings is 1. The highest BCUT2D eigenvalue weighted by atomic mass is 32.1. The molecule has 1 unspecified atom stereocenters. The van der Waals surface area contributed by atoms with E-state index in [2.05, 4.69) is 45.0 Å². The lowest BCUT2D eigenvalue weighted by molar-refractivity contribution is -0.142. The highest BCUT2D eigenvalue weighted by molar-refractivity contribution is 7.12. The predicted molar refractivity (Wildman–Crippen MR) is 126 cm³/mol. The summed E-state index contributed by atoms with van der Waals surface area (Å²) in [5.74, 6) is -1.15. The summed E-state index contributed by atoms with van der Waals surface area (Å²) in [6, 6.07) is 18.9. The highest BCUT2D eigenvalue weighted by Gasteiger charge is 2.34. The molecule has 1 aliphatic carbocycles. The van der Waals surface area contributed by atoms with Crippen molar-refractivity contribution in [3.8, 4) is 11.1 Å². The van der Waals surface area contributed by atoms with Crippen molar-refractivity contribution in [3.63, 3.8) is 0 Å². The zero-order valence-corrected chi connectivity index (χ0v) is 19.5. The van der Waals surface area contributed by atoms with Crippen LogP contribution < -0.4 is 0 Å². The van der Waals surface area contributed by atoms with Crippen LogP contribution in [0.2, 0.25) is 0 Å². The minimum atomic E-state index is -1.09. The van der Waals surface area contributed by atoms with E-state index in [9.17, 15) is 14.7 Å². The fraction of sp³-hybridized carbons (Fsp3) is 0.308. The smallest absolute Gasteiger partial charge is 0.410 e. The van der Waals surface area contributed by atoms with Crippen LogP contribution in [0.5, 0.6) is 0 Å². The van der Waals surface area contributed by atoms with E-state index in [4.69, 9.17) is 4.74 Å². The molecule has 1 heterocycles. The number of hydrogen-bond acceptors (Lipinski definition) is 4. The lowest BCUT2D eigenvalue weighted by Crippen LogP contribution is -2.36. The van der Waals surface area contributed by atoms with Crippen LogP contribution in [0.1, 0.15) is 53.6 Å². The number of rotatable bonds is 5. The summed E-state index contributed by atoms with van der Waals surface area (Å²) in [4.78, 5) is 27.8. The van der Waals surface area contributed by atoms with Crippen molar-refractivity contribution in [2.24, 2.45) is 0 Å². The van der Waals surface area contributed by atoms with Gasteiger partial charge in [-0.1, -0.05) is 69.3 Å². The third kappa shape index (κ3) is 4.02. The highest BCUT2D eigenvalue weighted by Crippen LogP contribution is 2.44. The molecule has 0 spiro atoms. The number of aliphatic carboxylic acids is 1. The summed E-state index contributed by atoms with van der Waals surface area (Å²) in [6.07, 6.45) is -0.648. The fourth-order valence-electron chi connectivity index (χ4n) is 4.18. The number of nitrogens with zero attached hydrogens (tertiary/aromatic N) is 1. The molecular weight excluding hydrogens is 422 g/mol. The molecule has 1 amide bonds. The van der Waals surface area contributed by atoms with Gasteiger partial charge in [0, 0.05) is 22.7 Å². The first-order chi connectivity index (χ1) is 15.2. The first-order valence-electron chi connectivity index (χ1n) is 10.6. The molecule has 1 atom stereocenters. The summed E-state index contributed by atoms with van der Waals surface area (Å²) in [7, 11) is 1.48. The van der Waals surface area contributed by atoms with Gasteiger partial charge in [-0.2, -0.15) is 0 Å².